The van der Waals surface area contributed by atoms with Crippen LogP contribution in [-0.2, 0) is 15.0 Å². The molecular formula is C23H25N5O3. The second-order valence-electron chi connectivity index (χ2n) is 8.64. The fourth-order valence-corrected chi connectivity index (χ4v) is 4.59. The number of para-hydroxylation sites is 1. The van der Waals surface area contributed by atoms with Crippen molar-refractivity contribution >= 4 is 23.4 Å². The molecule has 3 atom stereocenters. The van der Waals surface area contributed by atoms with E-state index in [4.69, 9.17) is 0 Å². The minimum atomic E-state index is -0.946. The van der Waals surface area contributed by atoms with Gasteiger partial charge in [0.15, 0.2) is 0 Å². The molecular weight excluding hydrogens is 394 g/mol. The van der Waals surface area contributed by atoms with E-state index in [0.29, 0.717) is 12.1 Å². The predicted molar refractivity (Wildman–Crippen MR) is 114 cm³/mol. The quantitative estimate of drug-likeness (QED) is 0.688. The number of H-pyrrole nitrogens is 1. The Morgan fingerprint density at radius 1 is 1.29 bits per heavy atom. The van der Waals surface area contributed by atoms with Crippen molar-refractivity contribution in [1.29, 1.82) is 5.26 Å². The maximum absolute atomic E-state index is 13.5. The number of hydrogen-bond acceptors (Lipinski definition) is 4. The Hall–Kier alpha value is -3.60. The smallest absolute Gasteiger partial charge is 0.268 e. The molecule has 8 heteroatoms. The van der Waals surface area contributed by atoms with Gasteiger partial charge in [0.2, 0.25) is 11.8 Å². The molecule has 160 valence electrons. The van der Waals surface area contributed by atoms with Crippen LogP contribution in [0.4, 0.5) is 5.69 Å². The van der Waals surface area contributed by atoms with Crippen LogP contribution >= 0.6 is 0 Å². The predicted octanol–water partition coefficient (Wildman–Crippen LogP) is 2.17. The summed E-state index contributed by atoms with van der Waals surface area (Å²) < 4.78 is 0. The summed E-state index contributed by atoms with van der Waals surface area (Å²) >= 11 is 0. The van der Waals surface area contributed by atoms with Gasteiger partial charge in [-0.1, -0.05) is 32.0 Å². The van der Waals surface area contributed by atoms with Crippen LogP contribution in [0.3, 0.4) is 0 Å². The highest BCUT2D eigenvalue weighted by Gasteiger charge is 2.56. The van der Waals surface area contributed by atoms with Crippen LogP contribution in [0, 0.1) is 17.2 Å². The fraction of sp³-hybridized carbons (Fsp3) is 0.391. The Labute approximate surface area is 180 Å². The van der Waals surface area contributed by atoms with Gasteiger partial charge in [0, 0.05) is 24.8 Å². The van der Waals surface area contributed by atoms with Gasteiger partial charge in [0.05, 0.1) is 11.5 Å². The van der Waals surface area contributed by atoms with E-state index in [1.54, 1.807) is 18.3 Å². The lowest BCUT2D eigenvalue weighted by Gasteiger charge is -2.28. The summed E-state index contributed by atoms with van der Waals surface area (Å²) in [7, 11) is 0. The summed E-state index contributed by atoms with van der Waals surface area (Å²) in [4.78, 5) is 43.4. The van der Waals surface area contributed by atoms with Gasteiger partial charge >= 0.3 is 0 Å². The largest absolute Gasteiger partial charge is 0.357 e. The highest BCUT2D eigenvalue weighted by Crippen LogP contribution is 2.46. The van der Waals surface area contributed by atoms with Crippen molar-refractivity contribution in [2.24, 2.45) is 5.92 Å². The molecule has 4 rings (SSSR count). The Morgan fingerprint density at radius 3 is 2.74 bits per heavy atom. The number of nitriles is 1. The van der Waals surface area contributed by atoms with E-state index < -0.39 is 17.5 Å². The number of amides is 3. The van der Waals surface area contributed by atoms with Crippen molar-refractivity contribution in [1.82, 2.24) is 15.2 Å². The monoisotopic (exact) mass is 419 g/mol. The van der Waals surface area contributed by atoms with Crippen molar-refractivity contribution < 1.29 is 14.4 Å². The van der Waals surface area contributed by atoms with Crippen LogP contribution in [0.15, 0.2) is 42.6 Å². The molecule has 0 radical (unpaired) electrons. The van der Waals surface area contributed by atoms with Crippen molar-refractivity contribution in [3.63, 3.8) is 0 Å². The molecule has 2 aliphatic rings. The summed E-state index contributed by atoms with van der Waals surface area (Å²) in [6, 6.07) is 11.4. The number of likely N-dealkylation sites (tertiary alicyclic amines) is 1. The first-order chi connectivity index (χ1) is 14.9. The number of aromatic nitrogens is 1. The standard InChI is InChI=1S/C23H25N5O3/c1-14(2)10-19(26-20(29)18-8-5-9-25-18)21(30)28-13-23(11-15(28)12-24)16-6-3-4-7-17(16)27-22(23)31/h3-9,14-15,19,25H,10-11,13H2,1-2H3,(H,26,29)(H,27,31)/t15-,19-,23-/m0/s1. The highest BCUT2D eigenvalue weighted by atomic mass is 16.2. The number of carbonyl (C=O) groups is 3. The van der Waals surface area contributed by atoms with Gasteiger partial charge in [-0.25, -0.2) is 0 Å². The zero-order valence-corrected chi connectivity index (χ0v) is 17.5. The second-order valence-corrected chi connectivity index (χ2v) is 8.64. The molecule has 0 saturated carbocycles. The lowest BCUT2D eigenvalue weighted by Crippen LogP contribution is -2.51. The Balaban J connectivity index is 1.62. The normalized spacial score (nSPS) is 22.8. The Morgan fingerprint density at radius 2 is 2.06 bits per heavy atom. The molecule has 0 bridgehead atoms. The van der Waals surface area contributed by atoms with Crippen molar-refractivity contribution in [3.05, 3.63) is 53.9 Å². The molecule has 3 heterocycles. The molecule has 3 N–H and O–H groups in total. The summed E-state index contributed by atoms with van der Waals surface area (Å²) in [6.07, 6.45) is 2.30. The van der Waals surface area contributed by atoms with Crippen LogP contribution in [-0.4, -0.2) is 46.2 Å². The highest BCUT2D eigenvalue weighted by molar-refractivity contribution is 6.07. The van der Waals surface area contributed by atoms with E-state index in [-0.39, 0.29) is 36.6 Å². The molecule has 1 saturated heterocycles. The van der Waals surface area contributed by atoms with E-state index in [1.807, 2.05) is 38.1 Å². The lowest BCUT2D eigenvalue weighted by molar-refractivity contribution is -0.134. The third-order valence-corrected chi connectivity index (χ3v) is 6.07. The van der Waals surface area contributed by atoms with Crippen LogP contribution < -0.4 is 10.6 Å². The maximum Gasteiger partial charge on any atom is 0.268 e. The zero-order chi connectivity index (χ0) is 22.2. The third-order valence-electron chi connectivity index (χ3n) is 6.07. The van der Waals surface area contributed by atoms with Gasteiger partial charge < -0.3 is 20.5 Å². The SMILES string of the molecule is CC(C)C[C@H](NC(=O)c1ccc[nH]1)C(=O)N1C[C@]2(C[C@H]1C#N)C(=O)Nc1ccccc12. The molecule has 2 aliphatic heterocycles. The van der Waals surface area contributed by atoms with E-state index in [9.17, 15) is 19.6 Å². The molecule has 1 aromatic heterocycles. The lowest BCUT2D eigenvalue weighted by atomic mass is 9.80. The molecule has 1 aromatic carbocycles. The average molecular weight is 419 g/mol. The molecule has 0 unspecified atom stereocenters. The number of aromatic amines is 1. The van der Waals surface area contributed by atoms with Gasteiger partial charge in [-0.2, -0.15) is 5.26 Å². The first kappa shape index (κ1) is 20.7. The topological polar surface area (TPSA) is 118 Å². The summed E-state index contributed by atoms with van der Waals surface area (Å²) in [5, 5.41) is 15.5. The van der Waals surface area contributed by atoms with E-state index in [0.717, 1.165) is 11.3 Å². The van der Waals surface area contributed by atoms with Gasteiger partial charge in [-0.3, -0.25) is 14.4 Å². The molecule has 8 nitrogen and oxygen atoms in total. The molecule has 2 aromatic rings. The van der Waals surface area contributed by atoms with Crippen LogP contribution in [0.2, 0.25) is 0 Å². The average Bonchev–Trinajstić information content (AvgIpc) is 3.46. The molecule has 1 spiro atoms. The van der Waals surface area contributed by atoms with Crippen LogP contribution in [0.1, 0.15) is 42.7 Å². The van der Waals surface area contributed by atoms with Gasteiger partial charge in [0.1, 0.15) is 17.8 Å². The number of benzene rings is 1. The zero-order valence-electron chi connectivity index (χ0n) is 17.5. The number of rotatable bonds is 5. The number of fused-ring (bicyclic) bond motifs is 2. The van der Waals surface area contributed by atoms with Gasteiger partial charge in [-0.05, 0) is 36.1 Å². The summed E-state index contributed by atoms with van der Waals surface area (Å²) in [5.74, 6) is -0.768. The number of anilines is 1. The first-order valence-corrected chi connectivity index (χ1v) is 10.4. The second kappa shape index (κ2) is 7.91. The van der Waals surface area contributed by atoms with Crippen molar-refractivity contribution in [3.8, 4) is 6.07 Å². The molecule has 1 fully saturated rings. The van der Waals surface area contributed by atoms with Gasteiger partial charge in [-0.15, -0.1) is 0 Å². The number of hydrogen-bond donors (Lipinski definition) is 3. The summed E-state index contributed by atoms with van der Waals surface area (Å²) in [5.41, 5.74) is 0.947. The third kappa shape index (κ3) is 3.56. The van der Waals surface area contributed by atoms with E-state index >= 15 is 0 Å². The van der Waals surface area contributed by atoms with Crippen LogP contribution in [0.5, 0.6) is 0 Å². The van der Waals surface area contributed by atoms with Crippen LogP contribution in [0.25, 0.3) is 0 Å². The minimum absolute atomic E-state index is 0.111. The number of carbonyl (C=O) groups excluding carboxylic acids is 3. The Kier molecular flexibility index (Phi) is 5.27. The maximum atomic E-state index is 13.5. The Bertz CT molecular complexity index is 1060. The summed E-state index contributed by atoms with van der Waals surface area (Å²) in [6.45, 7) is 4.05. The minimum Gasteiger partial charge on any atom is -0.357 e. The van der Waals surface area contributed by atoms with E-state index in [1.165, 1.54) is 4.90 Å². The molecule has 3 amide bonds. The fourth-order valence-electron chi connectivity index (χ4n) is 4.59. The van der Waals surface area contributed by atoms with Crippen molar-refractivity contribution in [2.45, 2.75) is 44.2 Å². The number of nitrogens with one attached hydrogen (secondary N) is 3. The van der Waals surface area contributed by atoms with Gasteiger partial charge in [0.25, 0.3) is 5.91 Å². The molecule has 0 aliphatic carbocycles. The number of nitrogens with zero attached hydrogens (tertiary/aromatic N) is 2. The van der Waals surface area contributed by atoms with E-state index in [2.05, 4.69) is 21.7 Å². The first-order valence-electron chi connectivity index (χ1n) is 10.4. The van der Waals surface area contributed by atoms with Crippen molar-refractivity contribution in [2.75, 3.05) is 11.9 Å². The molecule has 31 heavy (non-hydrogen) atoms.